The van der Waals surface area contributed by atoms with Gasteiger partial charge < -0.3 is 0 Å². The van der Waals surface area contributed by atoms with E-state index in [1.807, 2.05) is 6.08 Å². The minimum absolute atomic E-state index is 0.0666. The fourth-order valence-electron chi connectivity index (χ4n) is 2.15. The maximum absolute atomic E-state index is 4.06. The molecule has 0 saturated carbocycles. The molecule has 0 aliphatic heterocycles. The van der Waals surface area contributed by atoms with E-state index in [2.05, 4.69) is 89.3 Å². The molecule has 0 fully saturated rings. The lowest BCUT2D eigenvalue weighted by atomic mass is 9.98. The van der Waals surface area contributed by atoms with Crippen molar-refractivity contribution in [3.8, 4) is 11.8 Å². The Kier molecular flexibility index (Phi) is 6.65. The van der Waals surface area contributed by atoms with Gasteiger partial charge in [-0.3, -0.25) is 4.90 Å². The van der Waals surface area contributed by atoms with Crippen LogP contribution in [0.5, 0.6) is 0 Å². The lowest BCUT2D eigenvalue weighted by Crippen LogP contribution is -2.17. The van der Waals surface area contributed by atoms with E-state index in [4.69, 9.17) is 0 Å². The topological polar surface area (TPSA) is 3.24 Å². The minimum atomic E-state index is 0.0666. The zero-order valence-electron chi connectivity index (χ0n) is 15.0. The van der Waals surface area contributed by atoms with Crippen LogP contribution in [-0.2, 0) is 6.54 Å². The average Bonchev–Trinajstić information content (AvgIpc) is 2.39. The molecule has 1 aromatic rings. The Hall–Kier alpha value is -1.78. The van der Waals surface area contributed by atoms with E-state index in [1.165, 1.54) is 16.7 Å². The van der Waals surface area contributed by atoms with Gasteiger partial charge in [-0.1, -0.05) is 42.2 Å². The molecule has 1 rings (SSSR count). The third kappa shape index (κ3) is 6.78. The fraction of sp³-hybridized carbons (Fsp3) is 0.429. The van der Waals surface area contributed by atoms with E-state index in [0.717, 1.165) is 18.7 Å². The molecule has 0 saturated heterocycles. The number of rotatable bonds is 5. The average molecular weight is 295 g/mol. The maximum Gasteiger partial charge on any atom is 0.0234 e. The first kappa shape index (κ1) is 18.3. The molecule has 0 unspecified atom stereocenters. The maximum atomic E-state index is 4.06. The van der Waals surface area contributed by atoms with Crippen molar-refractivity contribution in [2.75, 3.05) is 13.6 Å². The number of hydrogen-bond acceptors (Lipinski definition) is 1. The van der Waals surface area contributed by atoms with Crippen LogP contribution < -0.4 is 0 Å². The van der Waals surface area contributed by atoms with Crippen LogP contribution in [0.2, 0.25) is 0 Å². The summed E-state index contributed by atoms with van der Waals surface area (Å²) in [5.74, 6) is 6.31. The summed E-state index contributed by atoms with van der Waals surface area (Å²) < 4.78 is 0. The summed E-state index contributed by atoms with van der Waals surface area (Å²) >= 11 is 0. The Morgan fingerprint density at radius 1 is 1.32 bits per heavy atom. The van der Waals surface area contributed by atoms with Crippen molar-refractivity contribution in [1.29, 1.82) is 0 Å². The number of benzene rings is 1. The molecule has 0 atom stereocenters. The molecular formula is C21H29N. The highest BCUT2D eigenvalue weighted by Gasteiger charge is 2.04. The Bertz CT molecular complexity index is 603. The zero-order chi connectivity index (χ0) is 16.8. The summed E-state index contributed by atoms with van der Waals surface area (Å²) in [4.78, 5) is 2.28. The van der Waals surface area contributed by atoms with Crippen molar-refractivity contribution in [3.05, 3.63) is 53.6 Å². The molecule has 1 aromatic carbocycles. The third-order valence-electron chi connectivity index (χ3n) is 3.28. The van der Waals surface area contributed by atoms with Gasteiger partial charge in [-0.2, -0.15) is 0 Å². The molecule has 0 aliphatic rings. The highest BCUT2D eigenvalue weighted by atomic mass is 15.1. The number of nitrogens with zero attached hydrogens (tertiary/aromatic N) is 1. The SMILES string of the molecule is C=C(C)c1cc(CN(C)C/C=C/C#CC(C)(C)C)ccc1C. The smallest absolute Gasteiger partial charge is 0.0234 e. The van der Waals surface area contributed by atoms with Gasteiger partial charge in [-0.05, 0) is 70.5 Å². The van der Waals surface area contributed by atoms with Gasteiger partial charge >= 0.3 is 0 Å². The molecule has 0 aliphatic carbocycles. The van der Waals surface area contributed by atoms with Crippen molar-refractivity contribution in [1.82, 2.24) is 4.90 Å². The predicted octanol–water partition coefficient (Wildman–Crippen LogP) is 5.07. The first-order valence-electron chi connectivity index (χ1n) is 7.81. The van der Waals surface area contributed by atoms with Crippen LogP contribution >= 0.6 is 0 Å². The molecule has 0 aromatic heterocycles. The van der Waals surface area contributed by atoms with Crippen LogP contribution in [0.1, 0.15) is 44.4 Å². The van der Waals surface area contributed by atoms with Gasteiger partial charge in [-0.25, -0.2) is 0 Å². The molecule has 0 spiro atoms. The molecule has 0 radical (unpaired) electrons. The molecule has 22 heavy (non-hydrogen) atoms. The van der Waals surface area contributed by atoms with Crippen molar-refractivity contribution in [3.63, 3.8) is 0 Å². The largest absolute Gasteiger partial charge is 0.298 e. The molecule has 0 amide bonds. The van der Waals surface area contributed by atoms with Gasteiger partial charge in [0.15, 0.2) is 0 Å². The molecule has 118 valence electrons. The monoisotopic (exact) mass is 295 g/mol. The van der Waals surface area contributed by atoms with Gasteiger partial charge in [0.25, 0.3) is 0 Å². The molecule has 1 nitrogen and oxygen atoms in total. The Morgan fingerprint density at radius 3 is 2.59 bits per heavy atom. The Morgan fingerprint density at radius 2 is 2.00 bits per heavy atom. The quantitative estimate of drug-likeness (QED) is 0.686. The second kappa shape index (κ2) is 8.01. The second-order valence-corrected chi connectivity index (χ2v) is 7.05. The van der Waals surface area contributed by atoms with Crippen LogP contribution in [0.25, 0.3) is 5.57 Å². The summed E-state index contributed by atoms with van der Waals surface area (Å²) in [5, 5.41) is 0. The molecule has 1 heteroatoms. The highest BCUT2D eigenvalue weighted by molar-refractivity contribution is 5.64. The Balaban J connectivity index is 2.60. The normalized spacial score (nSPS) is 11.6. The number of aryl methyl sites for hydroxylation is 1. The van der Waals surface area contributed by atoms with Crippen molar-refractivity contribution in [2.45, 2.75) is 41.2 Å². The lowest BCUT2D eigenvalue weighted by molar-refractivity contribution is 0.363. The third-order valence-corrected chi connectivity index (χ3v) is 3.28. The summed E-state index contributed by atoms with van der Waals surface area (Å²) in [5.41, 5.74) is 5.06. The van der Waals surface area contributed by atoms with Crippen LogP contribution in [0.3, 0.4) is 0 Å². The van der Waals surface area contributed by atoms with Crippen LogP contribution in [-0.4, -0.2) is 18.5 Å². The van der Waals surface area contributed by atoms with Gasteiger partial charge in [-0.15, -0.1) is 0 Å². The van der Waals surface area contributed by atoms with Crippen molar-refractivity contribution >= 4 is 5.57 Å². The molecular weight excluding hydrogens is 266 g/mol. The van der Waals surface area contributed by atoms with Gasteiger partial charge in [0, 0.05) is 18.5 Å². The predicted molar refractivity (Wildman–Crippen MR) is 98.6 cm³/mol. The number of hydrogen-bond donors (Lipinski definition) is 0. The van der Waals surface area contributed by atoms with E-state index in [-0.39, 0.29) is 5.41 Å². The first-order chi connectivity index (χ1) is 10.2. The van der Waals surface area contributed by atoms with Crippen LogP contribution in [0, 0.1) is 24.2 Å². The highest BCUT2D eigenvalue weighted by Crippen LogP contribution is 2.19. The minimum Gasteiger partial charge on any atom is -0.298 e. The fourth-order valence-corrected chi connectivity index (χ4v) is 2.15. The molecule has 0 bridgehead atoms. The van der Waals surface area contributed by atoms with Crippen molar-refractivity contribution in [2.24, 2.45) is 5.41 Å². The van der Waals surface area contributed by atoms with Gasteiger partial charge in [0.05, 0.1) is 0 Å². The zero-order valence-corrected chi connectivity index (χ0v) is 15.0. The Labute approximate surface area is 136 Å². The van der Waals surface area contributed by atoms with E-state index in [1.54, 1.807) is 0 Å². The summed E-state index contributed by atoms with van der Waals surface area (Å²) in [6.45, 7) is 16.4. The van der Waals surface area contributed by atoms with E-state index in [0.29, 0.717) is 0 Å². The summed E-state index contributed by atoms with van der Waals surface area (Å²) in [6.07, 6.45) is 4.07. The van der Waals surface area contributed by atoms with E-state index < -0.39 is 0 Å². The summed E-state index contributed by atoms with van der Waals surface area (Å²) in [6, 6.07) is 6.62. The van der Waals surface area contributed by atoms with E-state index in [9.17, 15) is 0 Å². The van der Waals surface area contributed by atoms with Crippen molar-refractivity contribution < 1.29 is 0 Å². The van der Waals surface area contributed by atoms with Crippen LogP contribution in [0.15, 0.2) is 36.9 Å². The lowest BCUT2D eigenvalue weighted by Gasteiger charge is -2.16. The standard InChI is InChI=1S/C21H29N/c1-17(2)20-15-19(12-11-18(20)3)16-22(7)14-10-8-9-13-21(4,5)6/h8,10-12,15H,1,14,16H2,2-7H3/b10-8+. The number of allylic oxidation sites excluding steroid dienone is 2. The number of likely N-dealkylation sites (N-methyl/N-ethyl adjacent to an activating group) is 1. The summed E-state index contributed by atoms with van der Waals surface area (Å²) in [7, 11) is 2.13. The second-order valence-electron chi connectivity index (χ2n) is 7.05. The van der Waals surface area contributed by atoms with Gasteiger partial charge in [0.1, 0.15) is 0 Å². The molecule has 0 N–H and O–H groups in total. The molecule has 0 heterocycles. The van der Waals surface area contributed by atoms with E-state index >= 15 is 0 Å². The van der Waals surface area contributed by atoms with Crippen LogP contribution in [0.4, 0.5) is 0 Å². The first-order valence-corrected chi connectivity index (χ1v) is 7.81. The van der Waals surface area contributed by atoms with Gasteiger partial charge in [0.2, 0.25) is 0 Å².